The number of hydrogen-bond donors (Lipinski definition) is 0. The van der Waals surface area contributed by atoms with E-state index in [2.05, 4.69) is 32.6 Å². The lowest BCUT2D eigenvalue weighted by Crippen LogP contribution is -2.63. The Morgan fingerprint density at radius 3 is 2.05 bits per heavy atom. The molecule has 2 rings (SSSR count). The van der Waals surface area contributed by atoms with Gasteiger partial charge in [-0.1, -0.05) is 0 Å². The van der Waals surface area contributed by atoms with E-state index in [1.807, 2.05) is 16.8 Å². The molecule has 19 heavy (non-hydrogen) atoms. The first-order valence-corrected chi connectivity index (χ1v) is 7.60. The third kappa shape index (κ3) is 2.88. The van der Waals surface area contributed by atoms with Crippen molar-refractivity contribution in [2.75, 3.05) is 33.2 Å². The van der Waals surface area contributed by atoms with Gasteiger partial charge in [-0.3, -0.25) is 4.90 Å². The van der Waals surface area contributed by atoms with E-state index in [-0.39, 0.29) is 12.1 Å². The van der Waals surface area contributed by atoms with Crippen LogP contribution in [0.3, 0.4) is 0 Å². The second-order valence-corrected chi connectivity index (χ2v) is 6.97. The molecule has 2 aliphatic heterocycles. The molecule has 0 unspecified atom stereocenters. The highest BCUT2D eigenvalue weighted by atomic mass is 16.2. The molecule has 2 amide bonds. The molecule has 0 aromatic carbocycles. The van der Waals surface area contributed by atoms with E-state index in [9.17, 15) is 4.79 Å². The summed E-state index contributed by atoms with van der Waals surface area (Å²) in [5.41, 5.74) is 0.511. The van der Waals surface area contributed by atoms with E-state index >= 15 is 0 Å². The van der Waals surface area contributed by atoms with Crippen LogP contribution in [-0.2, 0) is 0 Å². The third-order valence-electron chi connectivity index (χ3n) is 4.98. The van der Waals surface area contributed by atoms with Gasteiger partial charge in [0, 0.05) is 45.3 Å². The van der Waals surface area contributed by atoms with Gasteiger partial charge in [-0.25, -0.2) is 4.79 Å². The summed E-state index contributed by atoms with van der Waals surface area (Å²) in [5, 5.41) is 0. The number of hydrogen-bond acceptors (Lipinski definition) is 2. The fourth-order valence-corrected chi connectivity index (χ4v) is 3.11. The van der Waals surface area contributed by atoms with Crippen molar-refractivity contribution in [1.82, 2.24) is 14.7 Å². The molecule has 2 heterocycles. The van der Waals surface area contributed by atoms with E-state index in [0.29, 0.717) is 11.5 Å². The molecule has 4 nitrogen and oxygen atoms in total. The zero-order chi connectivity index (χ0) is 14.2. The summed E-state index contributed by atoms with van der Waals surface area (Å²) in [6.07, 6.45) is 2.35. The highest BCUT2D eigenvalue weighted by Gasteiger charge is 2.46. The van der Waals surface area contributed by atoms with Crippen LogP contribution >= 0.6 is 0 Å². The minimum absolute atomic E-state index is 0.199. The first-order chi connectivity index (χ1) is 8.84. The number of rotatable bonds is 2. The minimum Gasteiger partial charge on any atom is -0.325 e. The Morgan fingerprint density at radius 2 is 1.63 bits per heavy atom. The summed E-state index contributed by atoms with van der Waals surface area (Å²) in [7, 11) is 1.90. The number of carbonyl (C=O) groups is 1. The Labute approximate surface area is 117 Å². The lowest BCUT2D eigenvalue weighted by atomic mass is 9.71. The van der Waals surface area contributed by atoms with Crippen molar-refractivity contribution in [3.05, 3.63) is 0 Å². The summed E-state index contributed by atoms with van der Waals surface area (Å²) >= 11 is 0. The maximum Gasteiger partial charge on any atom is 0.319 e. The standard InChI is InChI=1S/C15H29N3O/c1-12(2)16(5)14(19)17-8-6-15(7-9-17)10-18(11-15)13(3)4/h12-13H,6-11H2,1-5H3. The van der Waals surface area contributed by atoms with Crippen molar-refractivity contribution in [1.29, 1.82) is 0 Å². The molecular weight excluding hydrogens is 238 g/mol. The van der Waals surface area contributed by atoms with E-state index in [1.165, 1.54) is 25.9 Å². The van der Waals surface area contributed by atoms with Crippen LogP contribution in [0.1, 0.15) is 40.5 Å². The highest BCUT2D eigenvalue weighted by Crippen LogP contribution is 2.41. The molecule has 0 aliphatic carbocycles. The van der Waals surface area contributed by atoms with Crippen molar-refractivity contribution < 1.29 is 4.79 Å². The first kappa shape index (κ1) is 14.6. The average molecular weight is 267 g/mol. The molecule has 2 saturated heterocycles. The van der Waals surface area contributed by atoms with Crippen molar-refractivity contribution in [3.63, 3.8) is 0 Å². The molecule has 4 heteroatoms. The minimum atomic E-state index is 0.199. The number of piperidine rings is 1. The van der Waals surface area contributed by atoms with Gasteiger partial charge in [-0.05, 0) is 46.0 Å². The van der Waals surface area contributed by atoms with Crippen LogP contribution in [0.2, 0.25) is 0 Å². The molecule has 0 radical (unpaired) electrons. The smallest absolute Gasteiger partial charge is 0.319 e. The van der Waals surface area contributed by atoms with Gasteiger partial charge in [-0.15, -0.1) is 0 Å². The quantitative estimate of drug-likeness (QED) is 0.767. The van der Waals surface area contributed by atoms with Crippen LogP contribution in [0.4, 0.5) is 4.79 Å². The number of nitrogens with zero attached hydrogens (tertiary/aromatic N) is 3. The van der Waals surface area contributed by atoms with Gasteiger partial charge in [0.1, 0.15) is 0 Å². The fraction of sp³-hybridized carbons (Fsp3) is 0.933. The Bertz CT molecular complexity index is 324. The van der Waals surface area contributed by atoms with Gasteiger partial charge in [-0.2, -0.15) is 0 Å². The molecule has 2 fully saturated rings. The van der Waals surface area contributed by atoms with Crippen molar-refractivity contribution >= 4 is 6.03 Å². The number of carbonyl (C=O) groups excluding carboxylic acids is 1. The van der Waals surface area contributed by atoms with Crippen LogP contribution in [0.5, 0.6) is 0 Å². The molecule has 0 saturated carbocycles. The number of amides is 2. The third-order valence-corrected chi connectivity index (χ3v) is 4.98. The summed E-state index contributed by atoms with van der Waals surface area (Å²) in [6.45, 7) is 13.0. The Morgan fingerprint density at radius 1 is 1.11 bits per heavy atom. The summed E-state index contributed by atoms with van der Waals surface area (Å²) in [4.78, 5) is 18.7. The molecule has 1 spiro atoms. The molecule has 110 valence electrons. The van der Waals surface area contributed by atoms with Gasteiger partial charge >= 0.3 is 6.03 Å². The van der Waals surface area contributed by atoms with Gasteiger partial charge in [0.15, 0.2) is 0 Å². The molecule has 0 aromatic heterocycles. The van der Waals surface area contributed by atoms with Gasteiger partial charge in [0.2, 0.25) is 0 Å². The van der Waals surface area contributed by atoms with Crippen LogP contribution < -0.4 is 0 Å². The molecule has 0 N–H and O–H groups in total. The van der Waals surface area contributed by atoms with Crippen molar-refractivity contribution in [3.8, 4) is 0 Å². The zero-order valence-electron chi connectivity index (χ0n) is 13.1. The summed E-state index contributed by atoms with van der Waals surface area (Å²) < 4.78 is 0. The lowest BCUT2D eigenvalue weighted by Gasteiger charge is -2.55. The Balaban J connectivity index is 1.82. The number of likely N-dealkylation sites (tertiary alicyclic amines) is 2. The van der Waals surface area contributed by atoms with Crippen LogP contribution in [0.15, 0.2) is 0 Å². The van der Waals surface area contributed by atoms with Crippen LogP contribution in [-0.4, -0.2) is 66.0 Å². The van der Waals surface area contributed by atoms with E-state index < -0.39 is 0 Å². The maximum absolute atomic E-state index is 12.3. The molecular formula is C15H29N3O. The van der Waals surface area contributed by atoms with Gasteiger partial charge < -0.3 is 9.80 Å². The summed E-state index contributed by atoms with van der Waals surface area (Å²) in [6, 6.07) is 1.14. The highest BCUT2D eigenvalue weighted by molar-refractivity contribution is 5.74. The Kier molecular flexibility index (Phi) is 4.09. The molecule has 0 atom stereocenters. The van der Waals surface area contributed by atoms with Crippen LogP contribution in [0, 0.1) is 5.41 Å². The van der Waals surface area contributed by atoms with Gasteiger partial charge in [0.25, 0.3) is 0 Å². The average Bonchev–Trinajstić information content (AvgIpc) is 2.34. The van der Waals surface area contributed by atoms with E-state index in [0.717, 1.165) is 13.1 Å². The maximum atomic E-state index is 12.3. The molecule has 0 aromatic rings. The largest absolute Gasteiger partial charge is 0.325 e. The predicted molar refractivity (Wildman–Crippen MR) is 78.2 cm³/mol. The first-order valence-electron chi connectivity index (χ1n) is 7.60. The normalized spacial score (nSPS) is 23.0. The molecule has 0 bridgehead atoms. The summed E-state index contributed by atoms with van der Waals surface area (Å²) in [5.74, 6) is 0. The monoisotopic (exact) mass is 267 g/mol. The predicted octanol–water partition coefficient (Wildman–Crippen LogP) is 2.25. The fourth-order valence-electron chi connectivity index (χ4n) is 3.11. The zero-order valence-corrected chi connectivity index (χ0v) is 13.1. The van der Waals surface area contributed by atoms with E-state index in [1.54, 1.807) is 0 Å². The second kappa shape index (κ2) is 5.31. The topological polar surface area (TPSA) is 26.8 Å². The number of urea groups is 1. The van der Waals surface area contributed by atoms with E-state index in [4.69, 9.17) is 0 Å². The van der Waals surface area contributed by atoms with Crippen LogP contribution in [0.25, 0.3) is 0 Å². The SMILES string of the molecule is CC(C)N1CC2(CCN(C(=O)N(C)C(C)C)CC2)C1. The van der Waals surface area contributed by atoms with Crippen molar-refractivity contribution in [2.45, 2.75) is 52.6 Å². The van der Waals surface area contributed by atoms with Gasteiger partial charge in [0.05, 0.1) is 0 Å². The Hall–Kier alpha value is -0.770. The lowest BCUT2D eigenvalue weighted by molar-refractivity contribution is -0.0576. The molecule has 2 aliphatic rings. The van der Waals surface area contributed by atoms with Crippen molar-refractivity contribution in [2.24, 2.45) is 5.41 Å². The second-order valence-electron chi connectivity index (χ2n) is 6.97.